The minimum atomic E-state index is -1.12. The molecular formula is C15H12Cl2O2. The summed E-state index contributed by atoms with van der Waals surface area (Å²) in [6.45, 7) is 0. The molecule has 1 atom stereocenters. The lowest BCUT2D eigenvalue weighted by Gasteiger charge is -2.10. The maximum absolute atomic E-state index is 12.0. The summed E-state index contributed by atoms with van der Waals surface area (Å²) >= 11 is 11.7. The van der Waals surface area contributed by atoms with Crippen LogP contribution in [0.2, 0.25) is 10.0 Å². The lowest BCUT2D eigenvalue weighted by Crippen LogP contribution is -2.14. The fourth-order valence-corrected chi connectivity index (χ4v) is 2.09. The first-order valence-corrected chi connectivity index (χ1v) is 6.53. The Morgan fingerprint density at radius 1 is 1.05 bits per heavy atom. The molecule has 2 rings (SSSR count). The molecule has 0 spiro atoms. The number of Topliss-reactive ketones (excluding diaryl/α,β-unsaturated/α-hetero) is 1. The van der Waals surface area contributed by atoms with Crippen molar-refractivity contribution in [3.8, 4) is 0 Å². The molecule has 0 aliphatic rings. The second kappa shape index (κ2) is 6.20. The number of aliphatic hydroxyl groups excluding tert-OH is 1. The molecule has 0 amide bonds. The van der Waals surface area contributed by atoms with Crippen molar-refractivity contribution in [1.82, 2.24) is 0 Å². The molecule has 1 N–H and O–H groups in total. The zero-order valence-electron chi connectivity index (χ0n) is 10.0. The fraction of sp³-hybridized carbons (Fsp3) is 0.133. The predicted molar refractivity (Wildman–Crippen MR) is 76.6 cm³/mol. The minimum absolute atomic E-state index is 0.118. The Morgan fingerprint density at radius 2 is 1.74 bits per heavy atom. The Bertz CT molecular complexity index is 582. The zero-order valence-corrected chi connectivity index (χ0v) is 11.5. The summed E-state index contributed by atoms with van der Waals surface area (Å²) < 4.78 is 0. The first-order valence-electron chi connectivity index (χ1n) is 5.77. The van der Waals surface area contributed by atoms with Crippen LogP contribution in [-0.2, 0) is 11.2 Å². The first-order chi connectivity index (χ1) is 9.08. The monoisotopic (exact) mass is 294 g/mol. The van der Waals surface area contributed by atoms with Crippen LogP contribution in [0.25, 0.3) is 0 Å². The van der Waals surface area contributed by atoms with Crippen LogP contribution in [0.15, 0.2) is 48.5 Å². The Labute approximate surface area is 121 Å². The second-order valence-corrected chi connectivity index (χ2v) is 5.02. The number of hydrogen-bond acceptors (Lipinski definition) is 2. The van der Waals surface area contributed by atoms with Crippen LogP contribution >= 0.6 is 23.2 Å². The van der Waals surface area contributed by atoms with E-state index in [0.29, 0.717) is 15.6 Å². The topological polar surface area (TPSA) is 37.3 Å². The maximum Gasteiger partial charge on any atom is 0.170 e. The van der Waals surface area contributed by atoms with E-state index in [1.54, 1.807) is 42.5 Å². The van der Waals surface area contributed by atoms with E-state index in [4.69, 9.17) is 23.2 Å². The number of ketones is 1. The Hall–Kier alpha value is -1.35. The normalized spacial score (nSPS) is 12.2. The molecule has 0 saturated heterocycles. The average Bonchev–Trinajstić information content (AvgIpc) is 2.43. The minimum Gasteiger partial charge on any atom is -0.381 e. The lowest BCUT2D eigenvalue weighted by atomic mass is 10.0. The Balaban J connectivity index is 2.10. The van der Waals surface area contributed by atoms with Gasteiger partial charge in [-0.1, -0.05) is 59.6 Å². The summed E-state index contributed by atoms with van der Waals surface area (Å²) in [6, 6.07) is 13.8. The van der Waals surface area contributed by atoms with Crippen molar-refractivity contribution in [3.63, 3.8) is 0 Å². The Morgan fingerprint density at radius 3 is 2.37 bits per heavy atom. The molecule has 98 valence electrons. The van der Waals surface area contributed by atoms with E-state index in [1.807, 2.05) is 6.07 Å². The smallest absolute Gasteiger partial charge is 0.170 e. The number of carbonyl (C=O) groups excluding carboxylic acids is 1. The van der Waals surface area contributed by atoms with Gasteiger partial charge >= 0.3 is 0 Å². The SMILES string of the molecule is O=C(Cc1ccc(Cl)c(Cl)c1)C(O)c1ccccc1. The standard InChI is InChI=1S/C15H12Cl2O2/c16-12-7-6-10(8-13(12)17)9-14(18)15(19)11-4-2-1-3-5-11/h1-8,15,19H,9H2. The molecule has 0 heterocycles. The third-order valence-electron chi connectivity index (χ3n) is 2.78. The molecule has 0 saturated carbocycles. The van der Waals surface area contributed by atoms with Gasteiger partial charge in [0, 0.05) is 6.42 Å². The lowest BCUT2D eigenvalue weighted by molar-refractivity contribution is -0.126. The highest BCUT2D eigenvalue weighted by Crippen LogP contribution is 2.24. The van der Waals surface area contributed by atoms with Gasteiger partial charge in [0.05, 0.1) is 10.0 Å². The van der Waals surface area contributed by atoms with Crippen LogP contribution in [0.4, 0.5) is 0 Å². The molecule has 0 bridgehead atoms. The van der Waals surface area contributed by atoms with Gasteiger partial charge in [0.1, 0.15) is 6.10 Å². The molecule has 2 aromatic rings. The van der Waals surface area contributed by atoms with Crippen LogP contribution in [0.3, 0.4) is 0 Å². The number of aliphatic hydroxyl groups is 1. The van der Waals surface area contributed by atoms with Gasteiger partial charge < -0.3 is 5.11 Å². The van der Waals surface area contributed by atoms with E-state index in [2.05, 4.69) is 0 Å². The number of benzene rings is 2. The fourth-order valence-electron chi connectivity index (χ4n) is 1.77. The highest BCUT2D eigenvalue weighted by molar-refractivity contribution is 6.42. The number of halogens is 2. The van der Waals surface area contributed by atoms with Crippen molar-refractivity contribution in [2.24, 2.45) is 0 Å². The molecule has 19 heavy (non-hydrogen) atoms. The molecule has 0 aliphatic heterocycles. The van der Waals surface area contributed by atoms with Gasteiger partial charge in [-0.05, 0) is 23.3 Å². The van der Waals surface area contributed by atoms with Crippen LogP contribution < -0.4 is 0 Å². The quantitative estimate of drug-likeness (QED) is 0.930. The van der Waals surface area contributed by atoms with Crippen molar-refractivity contribution in [2.45, 2.75) is 12.5 Å². The van der Waals surface area contributed by atoms with E-state index in [-0.39, 0.29) is 12.2 Å². The Kier molecular flexibility index (Phi) is 4.59. The van der Waals surface area contributed by atoms with E-state index in [1.165, 1.54) is 0 Å². The van der Waals surface area contributed by atoms with Gasteiger partial charge in [-0.3, -0.25) is 4.79 Å². The molecule has 0 aromatic heterocycles. The summed E-state index contributed by atoms with van der Waals surface area (Å²) in [4.78, 5) is 12.0. The van der Waals surface area contributed by atoms with Crippen LogP contribution in [0.5, 0.6) is 0 Å². The summed E-state index contributed by atoms with van der Waals surface area (Å²) in [5.74, 6) is -0.274. The molecular weight excluding hydrogens is 283 g/mol. The average molecular weight is 295 g/mol. The van der Waals surface area contributed by atoms with Gasteiger partial charge in [-0.15, -0.1) is 0 Å². The third kappa shape index (κ3) is 3.57. The highest BCUT2D eigenvalue weighted by Gasteiger charge is 2.17. The first kappa shape index (κ1) is 14.1. The molecule has 2 aromatic carbocycles. The van der Waals surface area contributed by atoms with Crippen molar-refractivity contribution in [3.05, 3.63) is 69.7 Å². The van der Waals surface area contributed by atoms with E-state index >= 15 is 0 Å². The maximum atomic E-state index is 12.0. The van der Waals surface area contributed by atoms with Crippen molar-refractivity contribution >= 4 is 29.0 Å². The van der Waals surface area contributed by atoms with Gasteiger partial charge in [-0.25, -0.2) is 0 Å². The van der Waals surface area contributed by atoms with Gasteiger partial charge in [0.15, 0.2) is 5.78 Å². The summed E-state index contributed by atoms with van der Waals surface area (Å²) in [5.41, 5.74) is 1.32. The highest BCUT2D eigenvalue weighted by atomic mass is 35.5. The number of carbonyl (C=O) groups is 1. The molecule has 4 heteroatoms. The summed E-state index contributed by atoms with van der Waals surface area (Å²) in [5, 5.41) is 10.8. The number of hydrogen-bond donors (Lipinski definition) is 1. The molecule has 1 unspecified atom stereocenters. The van der Waals surface area contributed by atoms with E-state index in [9.17, 15) is 9.90 Å². The van der Waals surface area contributed by atoms with Crippen LogP contribution in [0.1, 0.15) is 17.2 Å². The summed E-state index contributed by atoms with van der Waals surface area (Å²) in [6.07, 6.45) is -0.997. The zero-order chi connectivity index (χ0) is 13.8. The predicted octanol–water partition coefficient (Wildman–Crippen LogP) is 3.84. The van der Waals surface area contributed by atoms with Gasteiger partial charge in [0.2, 0.25) is 0 Å². The van der Waals surface area contributed by atoms with Crippen LogP contribution in [0, 0.1) is 0 Å². The molecule has 0 radical (unpaired) electrons. The third-order valence-corrected chi connectivity index (χ3v) is 3.52. The van der Waals surface area contributed by atoms with Crippen LogP contribution in [-0.4, -0.2) is 10.9 Å². The second-order valence-electron chi connectivity index (χ2n) is 4.20. The summed E-state index contributed by atoms with van der Waals surface area (Å²) in [7, 11) is 0. The molecule has 0 fully saturated rings. The molecule has 0 aliphatic carbocycles. The van der Waals surface area contributed by atoms with Crippen molar-refractivity contribution < 1.29 is 9.90 Å². The molecule has 2 nitrogen and oxygen atoms in total. The van der Waals surface area contributed by atoms with Gasteiger partial charge in [-0.2, -0.15) is 0 Å². The number of rotatable bonds is 4. The largest absolute Gasteiger partial charge is 0.381 e. The van der Waals surface area contributed by atoms with E-state index in [0.717, 1.165) is 5.56 Å². The van der Waals surface area contributed by atoms with Crippen molar-refractivity contribution in [1.29, 1.82) is 0 Å². The van der Waals surface area contributed by atoms with Crippen molar-refractivity contribution in [2.75, 3.05) is 0 Å². The van der Waals surface area contributed by atoms with Gasteiger partial charge in [0.25, 0.3) is 0 Å². The van der Waals surface area contributed by atoms with E-state index < -0.39 is 6.10 Å².